The van der Waals surface area contributed by atoms with Crippen LogP contribution in [0.15, 0.2) is 41.2 Å². The summed E-state index contributed by atoms with van der Waals surface area (Å²) in [7, 11) is -0.614. The zero-order chi connectivity index (χ0) is 24.5. The highest BCUT2D eigenvalue weighted by atomic mass is 32.2. The summed E-state index contributed by atoms with van der Waals surface area (Å²) in [4.78, 5) is 13.1. The summed E-state index contributed by atoms with van der Waals surface area (Å²) in [5.41, 5.74) is 4.30. The van der Waals surface area contributed by atoms with Crippen molar-refractivity contribution < 1.29 is 13.2 Å². The first-order chi connectivity index (χ1) is 16.2. The molecule has 34 heavy (non-hydrogen) atoms. The molecule has 186 valence electrons. The fraction of sp³-hybridized carbons (Fsp3) is 0.577. The van der Waals surface area contributed by atoms with Crippen molar-refractivity contribution >= 4 is 10.2 Å². The summed E-state index contributed by atoms with van der Waals surface area (Å²) in [5, 5.41) is 0. The summed E-state index contributed by atoms with van der Waals surface area (Å²) in [6.07, 6.45) is 5.49. The van der Waals surface area contributed by atoms with Crippen LogP contribution in [-0.2, 0) is 21.4 Å². The van der Waals surface area contributed by atoms with E-state index in [1.807, 2.05) is 12.1 Å². The van der Waals surface area contributed by atoms with E-state index in [2.05, 4.69) is 35.9 Å². The number of pyridine rings is 1. The molecule has 2 aromatic rings. The third-order valence-electron chi connectivity index (χ3n) is 7.49. The Hall–Kier alpha value is -2.00. The van der Waals surface area contributed by atoms with Gasteiger partial charge in [0.2, 0.25) is 0 Å². The summed E-state index contributed by atoms with van der Waals surface area (Å²) < 4.78 is 37.3. The second-order valence-corrected chi connectivity index (χ2v) is 11.9. The zero-order valence-corrected chi connectivity index (χ0v) is 21.5. The minimum atomic E-state index is -3.63. The fourth-order valence-corrected chi connectivity index (χ4v) is 6.25. The number of hydrogen-bond donors (Lipinski definition) is 1. The molecule has 2 heterocycles. The van der Waals surface area contributed by atoms with Crippen LogP contribution in [0.1, 0.15) is 66.4 Å². The van der Waals surface area contributed by atoms with Gasteiger partial charge in [-0.2, -0.15) is 17.4 Å². The second-order valence-electron chi connectivity index (χ2n) is 9.96. The SMILES string of the molecule is Cc1ccccc1C1CCC(OCC2C(NS(=O)(=O)N(C)C)CCc3ccc(C)c(=O)n32)CC1. The smallest absolute Gasteiger partial charge is 0.279 e. The van der Waals surface area contributed by atoms with E-state index >= 15 is 0 Å². The Kier molecular flexibility index (Phi) is 7.62. The average molecular weight is 488 g/mol. The van der Waals surface area contributed by atoms with Crippen molar-refractivity contribution in [2.75, 3.05) is 20.7 Å². The number of aryl methyl sites for hydroxylation is 3. The predicted molar refractivity (Wildman–Crippen MR) is 134 cm³/mol. The van der Waals surface area contributed by atoms with E-state index in [9.17, 15) is 13.2 Å². The molecule has 0 amide bonds. The molecule has 8 heteroatoms. The average Bonchev–Trinajstić information content (AvgIpc) is 2.81. The van der Waals surface area contributed by atoms with Crippen LogP contribution in [0, 0.1) is 13.8 Å². The molecule has 1 fully saturated rings. The predicted octanol–water partition coefficient (Wildman–Crippen LogP) is 3.46. The van der Waals surface area contributed by atoms with Crippen LogP contribution in [0.3, 0.4) is 0 Å². The highest BCUT2D eigenvalue weighted by Gasteiger charge is 2.35. The van der Waals surface area contributed by atoms with Crippen molar-refractivity contribution in [1.82, 2.24) is 13.6 Å². The molecule has 0 saturated heterocycles. The number of fused-ring (bicyclic) bond motifs is 1. The standard InChI is InChI=1S/C26H37N3O4S/c1-18-7-5-6-8-23(18)20-10-14-22(15-11-20)33-17-25-24(27-34(31,32)28(3)4)16-13-21-12-9-19(2)26(30)29(21)25/h5-9,12,20,22,24-25,27H,10-11,13-17H2,1-4H3. The van der Waals surface area contributed by atoms with Gasteiger partial charge in [-0.3, -0.25) is 4.79 Å². The third kappa shape index (κ3) is 5.30. The normalized spacial score (nSPS) is 25.3. The minimum absolute atomic E-state index is 0.0666. The van der Waals surface area contributed by atoms with Crippen molar-refractivity contribution in [2.24, 2.45) is 0 Å². The molecule has 1 N–H and O–H groups in total. The molecule has 4 rings (SSSR count). The van der Waals surface area contributed by atoms with Crippen LogP contribution in [0.25, 0.3) is 0 Å². The molecular formula is C26H37N3O4S. The highest BCUT2D eigenvalue weighted by molar-refractivity contribution is 7.87. The van der Waals surface area contributed by atoms with Gasteiger partial charge in [0.1, 0.15) is 0 Å². The molecule has 0 bridgehead atoms. The summed E-state index contributed by atoms with van der Waals surface area (Å²) in [6, 6.07) is 11.7. The van der Waals surface area contributed by atoms with E-state index in [-0.39, 0.29) is 17.7 Å². The molecule has 2 atom stereocenters. The minimum Gasteiger partial charge on any atom is -0.376 e. The lowest BCUT2D eigenvalue weighted by atomic mass is 9.81. The number of hydrogen-bond acceptors (Lipinski definition) is 4. The van der Waals surface area contributed by atoms with Crippen LogP contribution < -0.4 is 10.3 Å². The molecule has 7 nitrogen and oxygen atoms in total. The Balaban J connectivity index is 1.49. The van der Waals surface area contributed by atoms with Crippen LogP contribution >= 0.6 is 0 Å². The van der Waals surface area contributed by atoms with E-state index in [0.717, 1.165) is 31.4 Å². The Morgan fingerprint density at radius 3 is 2.38 bits per heavy atom. The van der Waals surface area contributed by atoms with Gasteiger partial charge in [0, 0.05) is 31.4 Å². The van der Waals surface area contributed by atoms with Crippen LogP contribution in [0.5, 0.6) is 0 Å². The van der Waals surface area contributed by atoms with Gasteiger partial charge >= 0.3 is 0 Å². The van der Waals surface area contributed by atoms with Gasteiger partial charge < -0.3 is 9.30 Å². The lowest BCUT2D eigenvalue weighted by Crippen LogP contribution is -2.52. The quantitative estimate of drug-likeness (QED) is 0.649. The maximum Gasteiger partial charge on any atom is 0.279 e. The first kappa shape index (κ1) is 25.1. The van der Waals surface area contributed by atoms with Crippen molar-refractivity contribution in [3.8, 4) is 0 Å². The first-order valence-electron chi connectivity index (χ1n) is 12.3. The fourth-order valence-electron chi connectivity index (χ4n) is 5.38. The Morgan fingerprint density at radius 1 is 1.00 bits per heavy atom. The lowest BCUT2D eigenvalue weighted by Gasteiger charge is -2.37. The molecule has 1 saturated carbocycles. The molecule has 2 unspecified atom stereocenters. The number of rotatable bonds is 7. The van der Waals surface area contributed by atoms with E-state index in [1.54, 1.807) is 11.5 Å². The van der Waals surface area contributed by atoms with Crippen molar-refractivity contribution in [2.45, 2.75) is 76.5 Å². The number of benzene rings is 1. The first-order valence-corrected chi connectivity index (χ1v) is 13.7. The van der Waals surface area contributed by atoms with Crippen LogP contribution in [0.4, 0.5) is 0 Å². The van der Waals surface area contributed by atoms with E-state index in [1.165, 1.54) is 29.5 Å². The Bertz CT molecular complexity index is 1170. The summed E-state index contributed by atoms with van der Waals surface area (Å²) in [6.45, 7) is 4.29. The van der Waals surface area contributed by atoms with Gasteiger partial charge in [0.25, 0.3) is 15.8 Å². The topological polar surface area (TPSA) is 80.6 Å². The molecule has 1 aliphatic heterocycles. The molecule has 2 aliphatic rings. The zero-order valence-electron chi connectivity index (χ0n) is 20.7. The van der Waals surface area contributed by atoms with Crippen molar-refractivity contribution in [1.29, 1.82) is 0 Å². The Labute approximate surface area is 203 Å². The maximum absolute atomic E-state index is 13.1. The number of aromatic nitrogens is 1. The number of nitrogens with zero attached hydrogens (tertiary/aromatic N) is 2. The number of ether oxygens (including phenoxy) is 1. The lowest BCUT2D eigenvalue weighted by molar-refractivity contribution is -0.00180. The molecule has 1 aromatic heterocycles. The van der Waals surface area contributed by atoms with E-state index in [0.29, 0.717) is 30.9 Å². The van der Waals surface area contributed by atoms with Crippen molar-refractivity contribution in [3.05, 3.63) is 69.1 Å². The molecular weight excluding hydrogens is 450 g/mol. The summed E-state index contributed by atoms with van der Waals surface area (Å²) in [5.74, 6) is 0.557. The van der Waals surface area contributed by atoms with Gasteiger partial charge in [-0.15, -0.1) is 0 Å². The second kappa shape index (κ2) is 10.3. The molecule has 0 spiro atoms. The molecule has 1 aromatic carbocycles. The van der Waals surface area contributed by atoms with E-state index in [4.69, 9.17) is 4.74 Å². The van der Waals surface area contributed by atoms with Gasteiger partial charge in [-0.05, 0) is 75.5 Å². The summed E-state index contributed by atoms with van der Waals surface area (Å²) >= 11 is 0. The monoisotopic (exact) mass is 487 g/mol. The van der Waals surface area contributed by atoms with Gasteiger partial charge in [0.15, 0.2) is 0 Å². The largest absolute Gasteiger partial charge is 0.376 e. The van der Waals surface area contributed by atoms with E-state index < -0.39 is 16.3 Å². The van der Waals surface area contributed by atoms with Crippen molar-refractivity contribution in [3.63, 3.8) is 0 Å². The van der Waals surface area contributed by atoms with Gasteiger partial charge in [-0.25, -0.2) is 0 Å². The Morgan fingerprint density at radius 2 is 1.71 bits per heavy atom. The number of nitrogens with one attached hydrogen (secondary N) is 1. The molecule has 1 aliphatic carbocycles. The maximum atomic E-state index is 13.1. The van der Waals surface area contributed by atoms with Crippen LogP contribution in [-0.4, -0.2) is 50.1 Å². The molecule has 0 radical (unpaired) electrons. The highest BCUT2D eigenvalue weighted by Crippen LogP contribution is 2.36. The van der Waals surface area contributed by atoms with Gasteiger partial charge in [0.05, 0.1) is 18.8 Å². The third-order valence-corrected chi connectivity index (χ3v) is 9.05. The van der Waals surface area contributed by atoms with Crippen LogP contribution in [0.2, 0.25) is 0 Å². The van der Waals surface area contributed by atoms with Gasteiger partial charge in [-0.1, -0.05) is 30.3 Å².